The molecule has 0 unspecified atom stereocenters. The predicted molar refractivity (Wildman–Crippen MR) is 222 cm³/mol. The van der Waals surface area contributed by atoms with Crippen molar-refractivity contribution in [3.8, 4) is 34.8 Å². The van der Waals surface area contributed by atoms with Gasteiger partial charge in [0.2, 0.25) is 0 Å². The lowest BCUT2D eigenvalue weighted by atomic mass is 9.71. The Labute approximate surface area is 363 Å². The maximum absolute atomic E-state index is 17.6. The molecule has 2 bridgehead atoms. The molecule has 2 aliphatic heterocycles. The SMILES string of the molecule is COc1ccc(CN(Cc2ccc(OC)cc2)c2cc(C)c(C(F)(F)F)c(-c3c(C#N)cc4c(N5C[C@@H]6CC[C@@](C(C)(C)C)(C5)N6C(=O)O)nc(OCC(F)(F)F)nc4c3F)n2)cc1. The quantitative estimate of drug-likeness (QED) is 0.127. The minimum absolute atomic E-state index is 0.0210. The maximum Gasteiger partial charge on any atom is 0.422 e. The van der Waals surface area contributed by atoms with E-state index in [-0.39, 0.29) is 48.8 Å². The fraction of sp³-hybridized carbons (Fsp3) is 0.400. The number of rotatable bonds is 11. The van der Waals surface area contributed by atoms with Gasteiger partial charge in [0.15, 0.2) is 12.4 Å². The molecule has 1 amide bonds. The molecule has 64 heavy (non-hydrogen) atoms. The molecule has 19 heteroatoms. The zero-order chi connectivity index (χ0) is 46.5. The van der Waals surface area contributed by atoms with Crippen LogP contribution in [0.25, 0.3) is 22.2 Å². The van der Waals surface area contributed by atoms with Crippen molar-refractivity contribution in [3.63, 3.8) is 0 Å². The van der Waals surface area contributed by atoms with Crippen LogP contribution in [-0.2, 0) is 19.3 Å². The van der Waals surface area contributed by atoms with Gasteiger partial charge < -0.3 is 29.1 Å². The maximum atomic E-state index is 17.6. The molecule has 3 aromatic carbocycles. The molecule has 2 aliphatic rings. The van der Waals surface area contributed by atoms with Gasteiger partial charge in [-0.15, -0.1) is 0 Å². The predicted octanol–water partition coefficient (Wildman–Crippen LogP) is 9.94. The topological polar surface area (TPSA) is 137 Å². The number of aryl methyl sites for hydroxylation is 1. The van der Waals surface area contributed by atoms with E-state index in [0.29, 0.717) is 35.5 Å². The first-order chi connectivity index (χ1) is 30.1. The fourth-order valence-corrected chi connectivity index (χ4v) is 8.88. The number of amides is 1. The van der Waals surface area contributed by atoms with E-state index in [4.69, 9.17) is 14.2 Å². The van der Waals surface area contributed by atoms with E-state index in [1.54, 1.807) is 58.3 Å². The minimum atomic E-state index is -5.14. The van der Waals surface area contributed by atoms with Crippen molar-refractivity contribution in [3.05, 3.63) is 94.3 Å². The summed E-state index contributed by atoms with van der Waals surface area (Å²) in [6.07, 6.45) is -10.3. The molecule has 0 spiro atoms. The average Bonchev–Trinajstić information content (AvgIpc) is 3.49. The van der Waals surface area contributed by atoms with Gasteiger partial charge in [0, 0.05) is 31.6 Å². The number of carbonyl (C=O) groups is 1. The number of ether oxygens (including phenoxy) is 3. The standard InChI is InChI=1S/C45H44F7N7O5/c1-25-17-33(57(20-26-7-11-30(62-5)12-8-26)21-27-9-13-31(63-6)14-10-27)54-38(35(25)45(50,51)52)34-28(19-53)18-32-37(36(34)46)55-40(64-24-44(47,48)49)56-39(32)58-22-29-15-16-43(23-58,42(2,3)4)59(29)41(60)61/h7-14,17-18,29H,15-16,20-24H2,1-6H3,(H,60,61)/t29-,43-/m0/s1. The highest BCUT2D eigenvalue weighted by molar-refractivity contribution is 5.96. The number of fused-ring (bicyclic) bond motifs is 3. The molecule has 2 saturated heterocycles. The number of anilines is 2. The molecule has 7 rings (SSSR count). The third kappa shape index (κ3) is 8.69. The normalized spacial score (nSPS) is 17.7. The van der Waals surface area contributed by atoms with Gasteiger partial charge >= 0.3 is 24.5 Å². The molecular weight excluding hydrogens is 852 g/mol. The number of piperazine rings is 1. The molecule has 0 saturated carbocycles. The number of methoxy groups -OCH3 is 2. The number of nitrogens with zero attached hydrogens (tertiary/aromatic N) is 7. The number of hydrogen-bond donors (Lipinski definition) is 1. The van der Waals surface area contributed by atoms with Gasteiger partial charge in [0.05, 0.1) is 54.3 Å². The van der Waals surface area contributed by atoms with Crippen LogP contribution in [0.1, 0.15) is 61.4 Å². The molecule has 2 atom stereocenters. The Morgan fingerprint density at radius 2 is 1.53 bits per heavy atom. The highest BCUT2D eigenvalue weighted by Gasteiger charge is 2.59. The summed E-state index contributed by atoms with van der Waals surface area (Å²) in [5, 5.41) is 20.7. The molecule has 338 valence electrons. The van der Waals surface area contributed by atoms with Crippen LogP contribution in [0.5, 0.6) is 17.5 Å². The number of carboxylic acid groups (broad SMARTS) is 1. The van der Waals surface area contributed by atoms with Crippen LogP contribution in [0, 0.1) is 29.5 Å². The number of halogens is 7. The number of hydrogen-bond acceptors (Lipinski definition) is 10. The number of benzene rings is 3. The number of aromatic nitrogens is 3. The molecule has 4 heterocycles. The van der Waals surface area contributed by atoms with Gasteiger partial charge in [-0.2, -0.15) is 41.6 Å². The molecule has 0 radical (unpaired) electrons. The largest absolute Gasteiger partial charge is 0.497 e. The van der Waals surface area contributed by atoms with E-state index < -0.39 is 81.8 Å². The summed E-state index contributed by atoms with van der Waals surface area (Å²) in [7, 11) is 3.00. The number of alkyl halides is 6. The second kappa shape index (κ2) is 16.8. The summed E-state index contributed by atoms with van der Waals surface area (Å²) >= 11 is 0. The smallest absolute Gasteiger partial charge is 0.422 e. The second-order valence-electron chi connectivity index (χ2n) is 16.9. The number of pyridine rings is 1. The summed E-state index contributed by atoms with van der Waals surface area (Å²) < 4.78 is 119. The Bertz CT molecular complexity index is 2560. The minimum Gasteiger partial charge on any atom is -0.497 e. The van der Waals surface area contributed by atoms with E-state index in [2.05, 4.69) is 15.0 Å². The summed E-state index contributed by atoms with van der Waals surface area (Å²) in [6, 6.07) is 16.5. The van der Waals surface area contributed by atoms with Crippen LogP contribution in [0.2, 0.25) is 0 Å². The van der Waals surface area contributed by atoms with E-state index in [1.807, 2.05) is 26.8 Å². The second-order valence-corrected chi connectivity index (χ2v) is 16.9. The summed E-state index contributed by atoms with van der Waals surface area (Å²) in [6.45, 7) is 4.96. The Morgan fingerprint density at radius 3 is 2.03 bits per heavy atom. The van der Waals surface area contributed by atoms with Crippen LogP contribution in [0.3, 0.4) is 0 Å². The average molecular weight is 896 g/mol. The van der Waals surface area contributed by atoms with E-state index >= 15 is 17.6 Å². The lowest BCUT2D eigenvalue weighted by Gasteiger charge is -2.54. The van der Waals surface area contributed by atoms with E-state index in [1.165, 1.54) is 32.1 Å². The summed E-state index contributed by atoms with van der Waals surface area (Å²) in [5.41, 5.74) is -5.19. The van der Waals surface area contributed by atoms with Crippen molar-refractivity contribution >= 4 is 28.6 Å². The van der Waals surface area contributed by atoms with Gasteiger partial charge in [0.25, 0.3) is 0 Å². The zero-order valence-corrected chi connectivity index (χ0v) is 35.7. The molecule has 1 N–H and O–H groups in total. The van der Waals surface area contributed by atoms with Gasteiger partial charge in [0.1, 0.15) is 28.7 Å². The van der Waals surface area contributed by atoms with Crippen LogP contribution < -0.4 is 24.0 Å². The van der Waals surface area contributed by atoms with Crippen LogP contribution in [-0.4, -0.2) is 82.7 Å². The highest BCUT2D eigenvalue weighted by atomic mass is 19.4. The van der Waals surface area contributed by atoms with Crippen molar-refractivity contribution in [1.82, 2.24) is 19.9 Å². The molecule has 2 fully saturated rings. The fourth-order valence-electron chi connectivity index (χ4n) is 8.88. The Morgan fingerprint density at radius 1 is 0.938 bits per heavy atom. The van der Waals surface area contributed by atoms with Crippen molar-refractivity contribution in [1.29, 1.82) is 5.26 Å². The van der Waals surface area contributed by atoms with Gasteiger partial charge in [-0.25, -0.2) is 14.2 Å². The van der Waals surface area contributed by atoms with Crippen molar-refractivity contribution in [2.75, 3.05) is 43.7 Å². The Balaban J connectivity index is 1.45. The first-order valence-corrected chi connectivity index (χ1v) is 20.1. The molecule has 12 nitrogen and oxygen atoms in total. The molecule has 2 aromatic heterocycles. The lowest BCUT2D eigenvalue weighted by Crippen LogP contribution is -2.68. The van der Waals surface area contributed by atoms with Crippen molar-refractivity contribution in [2.24, 2.45) is 5.41 Å². The third-order valence-electron chi connectivity index (χ3n) is 12.0. The van der Waals surface area contributed by atoms with Crippen LogP contribution in [0.4, 0.5) is 47.2 Å². The van der Waals surface area contributed by atoms with E-state index in [9.17, 15) is 28.3 Å². The number of nitriles is 1. The van der Waals surface area contributed by atoms with Gasteiger partial charge in [-0.05, 0) is 78.3 Å². The van der Waals surface area contributed by atoms with E-state index in [0.717, 1.165) is 6.07 Å². The monoisotopic (exact) mass is 895 g/mol. The van der Waals surface area contributed by atoms with Crippen LogP contribution in [0.15, 0.2) is 60.7 Å². The Hall–Kier alpha value is -6.58. The summed E-state index contributed by atoms with van der Waals surface area (Å²) in [5.74, 6) is -0.566. The highest BCUT2D eigenvalue weighted by Crippen LogP contribution is 2.51. The first-order valence-electron chi connectivity index (χ1n) is 20.1. The summed E-state index contributed by atoms with van der Waals surface area (Å²) in [4.78, 5) is 30.0. The van der Waals surface area contributed by atoms with Gasteiger partial charge in [-0.1, -0.05) is 45.0 Å². The zero-order valence-electron chi connectivity index (χ0n) is 35.7. The van der Waals surface area contributed by atoms with Crippen molar-refractivity contribution in [2.45, 2.75) is 77.6 Å². The molecule has 5 aromatic rings. The molecular formula is C45H44F7N7O5. The lowest BCUT2D eigenvalue weighted by molar-refractivity contribution is -0.154. The first kappa shape index (κ1) is 45.4. The third-order valence-corrected chi connectivity index (χ3v) is 12.0. The van der Waals surface area contributed by atoms with Crippen molar-refractivity contribution < 1.29 is 54.8 Å². The molecule has 0 aliphatic carbocycles. The van der Waals surface area contributed by atoms with Gasteiger partial charge in [-0.3, -0.25) is 4.90 Å². The Kier molecular flexibility index (Phi) is 12.0. The van der Waals surface area contributed by atoms with Crippen LogP contribution >= 0.6 is 0 Å².